The van der Waals surface area contributed by atoms with Crippen LogP contribution in [0.1, 0.15) is 44.6 Å². The van der Waals surface area contributed by atoms with E-state index in [1.165, 1.54) is 32.1 Å². The van der Waals surface area contributed by atoms with Gasteiger partial charge in [-0.15, -0.1) is 0 Å². The van der Waals surface area contributed by atoms with Gasteiger partial charge in [-0.2, -0.15) is 0 Å². The van der Waals surface area contributed by atoms with Crippen LogP contribution in [0.4, 0.5) is 0 Å². The van der Waals surface area contributed by atoms with Crippen LogP contribution in [0.15, 0.2) is 18.2 Å². The van der Waals surface area contributed by atoms with E-state index in [2.05, 4.69) is 0 Å². The zero-order valence-corrected chi connectivity index (χ0v) is 12.0. The van der Waals surface area contributed by atoms with Crippen LogP contribution in [0.3, 0.4) is 0 Å². The topological polar surface area (TPSA) is 44.5 Å². The maximum atomic E-state index is 6.18. The van der Waals surface area contributed by atoms with Crippen LogP contribution < -0.4 is 15.2 Å². The molecule has 106 valence electrons. The van der Waals surface area contributed by atoms with Crippen molar-refractivity contribution in [1.29, 1.82) is 0 Å². The Kier molecular flexibility index (Phi) is 5.08. The molecule has 0 saturated heterocycles. The summed E-state index contributed by atoms with van der Waals surface area (Å²) in [5, 5.41) is 0. The predicted octanol–water partition coefficient (Wildman–Crippen LogP) is 3.30. The van der Waals surface area contributed by atoms with Gasteiger partial charge in [-0.1, -0.05) is 6.42 Å². The highest BCUT2D eigenvalue weighted by Crippen LogP contribution is 2.29. The van der Waals surface area contributed by atoms with Gasteiger partial charge in [0.15, 0.2) is 0 Å². The summed E-state index contributed by atoms with van der Waals surface area (Å²) in [6.45, 7) is 2.02. The molecule has 0 radical (unpaired) electrons. The molecular formula is C16H25NO2. The number of benzene rings is 1. The highest BCUT2D eigenvalue weighted by atomic mass is 16.5. The molecule has 1 saturated carbocycles. The SMILES string of the molecule is COc1ccc(OC2CCCCC2)c(CC(C)N)c1. The van der Waals surface area contributed by atoms with Crippen LogP contribution in [-0.4, -0.2) is 19.3 Å². The monoisotopic (exact) mass is 263 g/mol. The Morgan fingerprint density at radius 1 is 1.26 bits per heavy atom. The zero-order valence-electron chi connectivity index (χ0n) is 12.0. The molecule has 1 atom stereocenters. The van der Waals surface area contributed by atoms with Crippen molar-refractivity contribution >= 4 is 0 Å². The minimum atomic E-state index is 0.126. The lowest BCUT2D eigenvalue weighted by molar-refractivity contribution is 0.153. The van der Waals surface area contributed by atoms with E-state index in [0.29, 0.717) is 6.10 Å². The summed E-state index contributed by atoms with van der Waals surface area (Å²) in [5.41, 5.74) is 7.07. The summed E-state index contributed by atoms with van der Waals surface area (Å²) in [6.07, 6.45) is 7.43. The maximum absolute atomic E-state index is 6.18. The molecule has 0 bridgehead atoms. The van der Waals surface area contributed by atoms with Crippen LogP contribution in [-0.2, 0) is 6.42 Å². The Hall–Kier alpha value is -1.22. The van der Waals surface area contributed by atoms with E-state index in [-0.39, 0.29) is 6.04 Å². The molecule has 19 heavy (non-hydrogen) atoms. The molecule has 1 fully saturated rings. The molecule has 0 aromatic heterocycles. The fraction of sp³-hybridized carbons (Fsp3) is 0.625. The van der Waals surface area contributed by atoms with Crippen molar-refractivity contribution in [2.24, 2.45) is 5.73 Å². The van der Waals surface area contributed by atoms with Gasteiger partial charge in [0.1, 0.15) is 11.5 Å². The summed E-state index contributed by atoms with van der Waals surface area (Å²) < 4.78 is 11.5. The number of ether oxygens (including phenoxy) is 2. The van der Waals surface area contributed by atoms with Gasteiger partial charge in [0.05, 0.1) is 13.2 Å². The molecule has 1 unspecified atom stereocenters. The van der Waals surface area contributed by atoms with Crippen molar-refractivity contribution in [3.63, 3.8) is 0 Å². The van der Waals surface area contributed by atoms with Gasteiger partial charge in [-0.05, 0) is 62.8 Å². The maximum Gasteiger partial charge on any atom is 0.123 e. The van der Waals surface area contributed by atoms with E-state index < -0.39 is 0 Å². The van der Waals surface area contributed by atoms with Gasteiger partial charge >= 0.3 is 0 Å². The molecule has 0 spiro atoms. The summed E-state index contributed by atoms with van der Waals surface area (Å²) in [4.78, 5) is 0. The van der Waals surface area contributed by atoms with Crippen LogP contribution in [0, 0.1) is 0 Å². The van der Waals surface area contributed by atoms with Crippen molar-refractivity contribution in [3.8, 4) is 11.5 Å². The van der Waals surface area contributed by atoms with Gasteiger partial charge in [0.25, 0.3) is 0 Å². The zero-order chi connectivity index (χ0) is 13.7. The quantitative estimate of drug-likeness (QED) is 0.886. The number of hydrogen-bond donors (Lipinski definition) is 1. The number of rotatable bonds is 5. The summed E-state index contributed by atoms with van der Waals surface area (Å²) in [5.74, 6) is 1.84. The largest absolute Gasteiger partial charge is 0.497 e. The third-order valence-electron chi connectivity index (χ3n) is 3.66. The van der Waals surface area contributed by atoms with Gasteiger partial charge in [-0.3, -0.25) is 0 Å². The first-order valence-corrected chi connectivity index (χ1v) is 7.28. The Morgan fingerprint density at radius 3 is 2.63 bits per heavy atom. The van der Waals surface area contributed by atoms with E-state index in [9.17, 15) is 0 Å². The van der Waals surface area contributed by atoms with Crippen LogP contribution >= 0.6 is 0 Å². The van der Waals surface area contributed by atoms with Gasteiger partial charge in [0, 0.05) is 6.04 Å². The molecule has 0 heterocycles. The lowest BCUT2D eigenvalue weighted by atomic mass is 9.97. The van der Waals surface area contributed by atoms with Crippen LogP contribution in [0.5, 0.6) is 11.5 Å². The second kappa shape index (κ2) is 6.80. The van der Waals surface area contributed by atoms with E-state index in [4.69, 9.17) is 15.2 Å². The number of nitrogens with two attached hydrogens (primary N) is 1. The third-order valence-corrected chi connectivity index (χ3v) is 3.66. The number of hydrogen-bond acceptors (Lipinski definition) is 3. The Bertz CT molecular complexity index is 398. The fourth-order valence-electron chi connectivity index (χ4n) is 2.67. The highest BCUT2D eigenvalue weighted by molar-refractivity contribution is 5.41. The number of methoxy groups -OCH3 is 1. The van der Waals surface area contributed by atoms with Gasteiger partial charge in [0.2, 0.25) is 0 Å². The third kappa shape index (κ3) is 4.13. The first-order chi connectivity index (χ1) is 9.19. The summed E-state index contributed by atoms with van der Waals surface area (Å²) in [7, 11) is 1.69. The lowest BCUT2D eigenvalue weighted by Gasteiger charge is -2.25. The van der Waals surface area contributed by atoms with Gasteiger partial charge < -0.3 is 15.2 Å². The molecule has 2 N–H and O–H groups in total. The standard InChI is InChI=1S/C16H25NO2/c1-12(17)10-13-11-15(18-2)8-9-16(13)19-14-6-4-3-5-7-14/h8-9,11-12,14H,3-7,10,17H2,1-2H3. The molecule has 3 heteroatoms. The van der Waals surface area contributed by atoms with Crippen LogP contribution in [0.2, 0.25) is 0 Å². The minimum absolute atomic E-state index is 0.126. The van der Waals surface area contributed by atoms with E-state index in [0.717, 1.165) is 23.5 Å². The Labute approximate surface area is 116 Å². The van der Waals surface area contributed by atoms with E-state index >= 15 is 0 Å². The molecule has 2 rings (SSSR count). The molecule has 1 aliphatic rings. The fourth-order valence-corrected chi connectivity index (χ4v) is 2.67. The molecular weight excluding hydrogens is 238 g/mol. The molecule has 1 aliphatic carbocycles. The van der Waals surface area contributed by atoms with Crippen molar-refractivity contribution in [3.05, 3.63) is 23.8 Å². The van der Waals surface area contributed by atoms with Crippen molar-refractivity contribution in [1.82, 2.24) is 0 Å². The first-order valence-electron chi connectivity index (χ1n) is 7.28. The summed E-state index contributed by atoms with van der Waals surface area (Å²) in [6, 6.07) is 6.15. The normalized spacial score (nSPS) is 18.1. The second-order valence-electron chi connectivity index (χ2n) is 5.53. The average molecular weight is 263 g/mol. The van der Waals surface area contributed by atoms with E-state index in [1.54, 1.807) is 7.11 Å². The average Bonchev–Trinajstić information content (AvgIpc) is 2.41. The Balaban J connectivity index is 2.12. The highest BCUT2D eigenvalue weighted by Gasteiger charge is 2.17. The van der Waals surface area contributed by atoms with Crippen molar-refractivity contribution < 1.29 is 9.47 Å². The van der Waals surface area contributed by atoms with Crippen molar-refractivity contribution in [2.75, 3.05) is 7.11 Å². The smallest absolute Gasteiger partial charge is 0.123 e. The molecule has 1 aromatic carbocycles. The molecule has 0 aliphatic heterocycles. The predicted molar refractivity (Wildman–Crippen MR) is 77.8 cm³/mol. The summed E-state index contributed by atoms with van der Waals surface area (Å²) >= 11 is 0. The molecule has 0 amide bonds. The van der Waals surface area contributed by atoms with Crippen molar-refractivity contribution in [2.45, 2.75) is 57.6 Å². The van der Waals surface area contributed by atoms with Crippen LogP contribution in [0.25, 0.3) is 0 Å². The Morgan fingerprint density at radius 2 is 2.00 bits per heavy atom. The van der Waals surface area contributed by atoms with E-state index in [1.807, 2.05) is 25.1 Å². The first kappa shape index (κ1) is 14.2. The van der Waals surface area contributed by atoms with Gasteiger partial charge in [-0.25, -0.2) is 0 Å². The lowest BCUT2D eigenvalue weighted by Crippen LogP contribution is -2.22. The molecule has 1 aromatic rings. The molecule has 3 nitrogen and oxygen atoms in total. The minimum Gasteiger partial charge on any atom is -0.497 e. The second-order valence-corrected chi connectivity index (χ2v) is 5.53.